The number of methoxy groups -OCH3 is 1. The number of hydrogen-bond acceptors (Lipinski definition) is 3. The maximum Gasteiger partial charge on any atom is 0.323 e. The summed E-state index contributed by atoms with van der Waals surface area (Å²) < 4.78 is 18.2. The molecule has 0 radical (unpaired) electrons. The molecular weight excluding hydrogens is 279 g/mol. The van der Waals surface area contributed by atoms with E-state index in [1.807, 2.05) is 0 Å². The number of ether oxygens (including phenoxy) is 1. The summed E-state index contributed by atoms with van der Waals surface area (Å²) in [5.41, 5.74) is 0.500. The van der Waals surface area contributed by atoms with Crippen molar-refractivity contribution in [2.75, 3.05) is 33.4 Å². The number of benzene rings is 1. The van der Waals surface area contributed by atoms with Crippen LogP contribution in [-0.4, -0.2) is 55.4 Å². The number of carboxylic acid groups (broad SMARTS) is 1. The van der Waals surface area contributed by atoms with Crippen LogP contribution >= 0.6 is 0 Å². The zero-order valence-corrected chi connectivity index (χ0v) is 11.8. The Labute approximate surface area is 122 Å². The lowest BCUT2D eigenvalue weighted by atomic mass is 10.1. The minimum atomic E-state index is -1.10. The molecule has 1 rings (SSSR count). The predicted octanol–water partition coefficient (Wildman–Crippen LogP) is 1.11. The zero-order chi connectivity index (χ0) is 15.7. The van der Waals surface area contributed by atoms with Crippen LogP contribution in [0.3, 0.4) is 0 Å². The number of hydrogen-bond donors (Lipinski definition) is 2. The van der Waals surface area contributed by atoms with Crippen LogP contribution in [-0.2, 0) is 16.0 Å². The van der Waals surface area contributed by atoms with Crippen molar-refractivity contribution in [3.63, 3.8) is 0 Å². The Hall–Kier alpha value is -2.15. The summed E-state index contributed by atoms with van der Waals surface area (Å²) in [6.07, 6.45) is 0.337. The quantitative estimate of drug-likeness (QED) is 0.753. The summed E-state index contributed by atoms with van der Waals surface area (Å²) in [6.45, 7) is 0.236. The molecule has 0 saturated carbocycles. The lowest BCUT2D eigenvalue weighted by Crippen LogP contribution is -2.44. The first-order valence-corrected chi connectivity index (χ1v) is 6.51. The highest BCUT2D eigenvalue weighted by Crippen LogP contribution is 2.06. The number of rotatable bonds is 8. The largest absolute Gasteiger partial charge is 0.480 e. The molecule has 0 spiro atoms. The smallest absolute Gasteiger partial charge is 0.323 e. The second-order valence-electron chi connectivity index (χ2n) is 4.38. The SMILES string of the molecule is COCCN(CC(=O)O)C(=O)NCCc1ccccc1F. The molecule has 0 aliphatic rings. The predicted molar refractivity (Wildman–Crippen MR) is 74.6 cm³/mol. The molecule has 0 aliphatic heterocycles. The van der Waals surface area contributed by atoms with Gasteiger partial charge in [-0.25, -0.2) is 9.18 Å². The fourth-order valence-corrected chi connectivity index (χ4v) is 1.73. The average Bonchev–Trinajstić information content (AvgIpc) is 2.45. The Morgan fingerprint density at radius 1 is 1.38 bits per heavy atom. The van der Waals surface area contributed by atoms with Gasteiger partial charge in [-0.05, 0) is 18.1 Å². The zero-order valence-electron chi connectivity index (χ0n) is 11.8. The van der Waals surface area contributed by atoms with Crippen molar-refractivity contribution in [3.05, 3.63) is 35.6 Å². The molecule has 0 aromatic heterocycles. The highest BCUT2D eigenvalue weighted by Gasteiger charge is 2.16. The number of carbonyl (C=O) groups excluding carboxylic acids is 1. The van der Waals surface area contributed by atoms with Crippen LogP contribution in [0.2, 0.25) is 0 Å². The molecule has 1 aromatic carbocycles. The normalized spacial score (nSPS) is 10.2. The van der Waals surface area contributed by atoms with Crippen LogP contribution in [0, 0.1) is 5.82 Å². The van der Waals surface area contributed by atoms with Crippen molar-refractivity contribution in [1.29, 1.82) is 0 Å². The van der Waals surface area contributed by atoms with Crippen molar-refractivity contribution in [3.8, 4) is 0 Å². The first-order chi connectivity index (χ1) is 10.0. The summed E-state index contributed by atoms with van der Waals surface area (Å²) in [4.78, 5) is 23.7. The van der Waals surface area contributed by atoms with E-state index in [0.29, 0.717) is 12.0 Å². The van der Waals surface area contributed by atoms with Crippen LogP contribution in [0.5, 0.6) is 0 Å². The molecule has 0 fully saturated rings. The van der Waals surface area contributed by atoms with E-state index in [2.05, 4.69) is 5.32 Å². The van der Waals surface area contributed by atoms with Gasteiger partial charge in [0, 0.05) is 20.2 Å². The summed E-state index contributed by atoms with van der Waals surface area (Å²) in [6, 6.07) is 5.80. The third kappa shape index (κ3) is 6.22. The van der Waals surface area contributed by atoms with Crippen LogP contribution in [0.25, 0.3) is 0 Å². The van der Waals surface area contributed by atoms with Gasteiger partial charge in [-0.1, -0.05) is 18.2 Å². The topological polar surface area (TPSA) is 78.9 Å². The van der Waals surface area contributed by atoms with Gasteiger partial charge in [0.25, 0.3) is 0 Å². The van der Waals surface area contributed by atoms with Crippen molar-refractivity contribution in [2.45, 2.75) is 6.42 Å². The Bertz CT molecular complexity index is 482. The molecule has 0 atom stereocenters. The number of amides is 2. The van der Waals surface area contributed by atoms with Crippen LogP contribution in [0.4, 0.5) is 9.18 Å². The van der Waals surface area contributed by atoms with Crippen LogP contribution in [0.15, 0.2) is 24.3 Å². The molecular formula is C14H19FN2O4. The van der Waals surface area contributed by atoms with Crippen molar-refractivity contribution >= 4 is 12.0 Å². The monoisotopic (exact) mass is 298 g/mol. The number of aliphatic carboxylic acids is 1. The van der Waals surface area contributed by atoms with Gasteiger partial charge < -0.3 is 20.1 Å². The Balaban J connectivity index is 2.45. The second-order valence-corrected chi connectivity index (χ2v) is 4.38. The fourth-order valence-electron chi connectivity index (χ4n) is 1.73. The van der Waals surface area contributed by atoms with E-state index in [9.17, 15) is 14.0 Å². The van der Waals surface area contributed by atoms with E-state index < -0.39 is 18.5 Å². The Morgan fingerprint density at radius 2 is 2.10 bits per heavy atom. The van der Waals surface area contributed by atoms with E-state index in [0.717, 1.165) is 4.90 Å². The molecule has 7 heteroatoms. The molecule has 1 aromatic rings. The van der Waals surface area contributed by atoms with Gasteiger partial charge in [0.2, 0.25) is 0 Å². The van der Waals surface area contributed by atoms with Crippen molar-refractivity contribution in [1.82, 2.24) is 10.2 Å². The molecule has 0 unspecified atom stereocenters. The van der Waals surface area contributed by atoms with Crippen molar-refractivity contribution < 1.29 is 23.8 Å². The Kier molecular flexibility index (Phi) is 7.17. The maximum atomic E-state index is 13.4. The minimum absolute atomic E-state index is 0.175. The highest BCUT2D eigenvalue weighted by atomic mass is 19.1. The molecule has 0 heterocycles. The fraction of sp³-hybridized carbons (Fsp3) is 0.429. The van der Waals surface area contributed by atoms with Gasteiger partial charge in [0.05, 0.1) is 6.61 Å². The van der Waals surface area contributed by atoms with E-state index in [4.69, 9.17) is 9.84 Å². The first kappa shape index (κ1) is 16.9. The molecule has 0 saturated heterocycles. The molecule has 6 nitrogen and oxygen atoms in total. The standard InChI is InChI=1S/C14H19FN2O4/c1-21-9-8-17(10-13(18)19)14(20)16-7-6-11-4-2-3-5-12(11)15/h2-5H,6-10H2,1H3,(H,16,20)(H,18,19). The van der Waals surface area contributed by atoms with Crippen LogP contribution < -0.4 is 5.32 Å². The molecule has 0 bridgehead atoms. The lowest BCUT2D eigenvalue weighted by Gasteiger charge is -2.20. The molecule has 2 amide bonds. The molecule has 0 aliphatic carbocycles. The van der Waals surface area contributed by atoms with Gasteiger partial charge in [0.1, 0.15) is 12.4 Å². The van der Waals surface area contributed by atoms with Gasteiger partial charge in [-0.15, -0.1) is 0 Å². The van der Waals surface area contributed by atoms with E-state index in [1.54, 1.807) is 18.2 Å². The van der Waals surface area contributed by atoms with Gasteiger partial charge in [-0.3, -0.25) is 4.79 Å². The van der Waals surface area contributed by atoms with Crippen LogP contribution in [0.1, 0.15) is 5.56 Å². The number of halogens is 1. The van der Waals surface area contributed by atoms with E-state index >= 15 is 0 Å². The summed E-state index contributed by atoms with van der Waals surface area (Å²) >= 11 is 0. The first-order valence-electron chi connectivity index (χ1n) is 6.51. The number of nitrogens with zero attached hydrogens (tertiary/aromatic N) is 1. The van der Waals surface area contributed by atoms with Gasteiger partial charge in [0.15, 0.2) is 0 Å². The lowest BCUT2D eigenvalue weighted by molar-refractivity contribution is -0.137. The van der Waals surface area contributed by atoms with E-state index in [-0.39, 0.29) is 25.5 Å². The summed E-state index contributed by atoms with van der Waals surface area (Å²) in [5, 5.41) is 11.3. The minimum Gasteiger partial charge on any atom is -0.480 e. The third-order valence-corrected chi connectivity index (χ3v) is 2.81. The molecule has 116 valence electrons. The maximum absolute atomic E-state index is 13.4. The second kappa shape index (κ2) is 8.91. The average molecular weight is 298 g/mol. The molecule has 2 N–H and O–H groups in total. The van der Waals surface area contributed by atoms with Crippen molar-refractivity contribution in [2.24, 2.45) is 0 Å². The summed E-state index contributed by atoms with van der Waals surface area (Å²) in [7, 11) is 1.47. The Morgan fingerprint density at radius 3 is 2.71 bits per heavy atom. The van der Waals surface area contributed by atoms with Gasteiger partial charge >= 0.3 is 12.0 Å². The van der Waals surface area contributed by atoms with E-state index in [1.165, 1.54) is 13.2 Å². The van der Waals surface area contributed by atoms with Gasteiger partial charge in [-0.2, -0.15) is 0 Å². The number of urea groups is 1. The summed E-state index contributed by atoms with van der Waals surface area (Å²) in [5.74, 6) is -1.43. The molecule has 21 heavy (non-hydrogen) atoms. The number of carboxylic acids is 1. The third-order valence-electron chi connectivity index (χ3n) is 2.81. The highest BCUT2D eigenvalue weighted by molar-refractivity contribution is 5.80. The number of carbonyl (C=O) groups is 2. The number of nitrogens with one attached hydrogen (secondary N) is 1.